The van der Waals surface area contributed by atoms with Crippen molar-refractivity contribution in [2.24, 2.45) is 5.41 Å². The molecule has 2 fully saturated rings. The lowest BCUT2D eigenvalue weighted by Gasteiger charge is -2.35. The van der Waals surface area contributed by atoms with Crippen molar-refractivity contribution in [3.8, 4) is 16.2 Å². The van der Waals surface area contributed by atoms with E-state index in [1.165, 1.54) is 16.2 Å². The minimum atomic E-state index is -1.98. The molecule has 3 atom stereocenters. The van der Waals surface area contributed by atoms with E-state index in [4.69, 9.17) is 4.74 Å². The number of thiazole rings is 1. The third kappa shape index (κ3) is 9.16. The van der Waals surface area contributed by atoms with E-state index in [1.54, 1.807) is 50.4 Å². The first-order valence-electron chi connectivity index (χ1n) is 16.2. The molecule has 1 unspecified atom stereocenters. The summed E-state index contributed by atoms with van der Waals surface area (Å²) in [5, 5.41) is 15.9. The third-order valence-corrected chi connectivity index (χ3v) is 9.70. The SMILES string of the molecule is Cc1ncsc1-c1ccc(CNC(=O)[C@@H]2C[C@@H](O)CN2C(=O)C(NC(=O)C2(F)CC2)C(C)(C)C)c(OCC(=O)N(C)CCCCC=O)c1. The predicted molar refractivity (Wildman–Crippen MR) is 178 cm³/mol. The molecule has 2 aliphatic rings. The highest BCUT2D eigenvalue weighted by Gasteiger charge is 2.53. The second-order valence-corrected chi connectivity index (χ2v) is 14.6. The number of nitrogens with zero attached hydrogens (tertiary/aromatic N) is 3. The van der Waals surface area contributed by atoms with Crippen molar-refractivity contribution in [1.29, 1.82) is 0 Å². The molecule has 12 nitrogen and oxygen atoms in total. The molecule has 48 heavy (non-hydrogen) atoms. The fourth-order valence-corrected chi connectivity index (χ4v) is 6.33. The zero-order chi connectivity index (χ0) is 35.2. The van der Waals surface area contributed by atoms with Crippen LogP contribution >= 0.6 is 11.3 Å². The van der Waals surface area contributed by atoms with Crippen LogP contribution in [0.25, 0.3) is 10.4 Å². The van der Waals surface area contributed by atoms with Crippen LogP contribution in [0.2, 0.25) is 0 Å². The first-order chi connectivity index (χ1) is 22.6. The van der Waals surface area contributed by atoms with Gasteiger partial charge >= 0.3 is 0 Å². The quantitative estimate of drug-likeness (QED) is 0.191. The van der Waals surface area contributed by atoms with Gasteiger partial charge in [-0.2, -0.15) is 0 Å². The number of carbonyl (C=O) groups excluding carboxylic acids is 5. The van der Waals surface area contributed by atoms with Gasteiger partial charge in [-0.25, -0.2) is 9.37 Å². The molecule has 1 aromatic heterocycles. The van der Waals surface area contributed by atoms with Crippen LogP contribution in [-0.4, -0.2) is 100 Å². The number of likely N-dealkylation sites (tertiary alicyclic amines) is 1. The second kappa shape index (κ2) is 15.5. The Balaban J connectivity index is 1.47. The average Bonchev–Trinajstić information content (AvgIpc) is 3.45. The van der Waals surface area contributed by atoms with Gasteiger partial charge < -0.3 is 35.1 Å². The van der Waals surface area contributed by atoms with E-state index < -0.39 is 47.0 Å². The summed E-state index contributed by atoms with van der Waals surface area (Å²) in [5.74, 6) is -1.78. The Hall–Kier alpha value is -3.91. The molecule has 4 amide bonds. The maximum Gasteiger partial charge on any atom is 0.260 e. The molecule has 1 aromatic carbocycles. The van der Waals surface area contributed by atoms with Crippen LogP contribution in [0.3, 0.4) is 0 Å². The van der Waals surface area contributed by atoms with Crippen molar-refractivity contribution >= 4 is 41.3 Å². The molecule has 1 aliphatic heterocycles. The maximum absolute atomic E-state index is 14.5. The van der Waals surface area contributed by atoms with Crippen LogP contribution in [0.5, 0.6) is 5.75 Å². The molecule has 0 bridgehead atoms. The predicted octanol–water partition coefficient (Wildman–Crippen LogP) is 2.94. The molecule has 0 spiro atoms. The monoisotopic (exact) mass is 687 g/mol. The highest BCUT2D eigenvalue weighted by Crippen LogP contribution is 2.40. The van der Waals surface area contributed by atoms with Crippen LogP contribution in [0, 0.1) is 12.3 Å². The summed E-state index contributed by atoms with van der Waals surface area (Å²) < 4.78 is 20.5. The fraction of sp³-hybridized carbons (Fsp3) is 0.588. The number of alkyl halides is 1. The van der Waals surface area contributed by atoms with E-state index in [-0.39, 0.29) is 44.9 Å². The number of aldehydes is 1. The van der Waals surface area contributed by atoms with Crippen LogP contribution in [-0.2, 0) is 30.5 Å². The molecule has 1 saturated carbocycles. The molecular weight excluding hydrogens is 641 g/mol. The molecule has 4 rings (SSSR count). The molecule has 1 saturated heterocycles. The Morgan fingerprint density at radius 1 is 1.25 bits per heavy atom. The van der Waals surface area contributed by atoms with E-state index in [9.17, 15) is 33.5 Å². The summed E-state index contributed by atoms with van der Waals surface area (Å²) in [6, 6.07) is 3.33. The number of nitrogens with one attached hydrogen (secondary N) is 2. The minimum absolute atomic E-state index is 0.00390. The number of aryl methyl sites for hydroxylation is 1. The summed E-state index contributed by atoms with van der Waals surface area (Å²) in [6.07, 6.45) is 1.90. The van der Waals surface area contributed by atoms with Gasteiger partial charge in [0.15, 0.2) is 12.3 Å². The summed E-state index contributed by atoms with van der Waals surface area (Å²) in [6.45, 7) is 7.25. The number of halogens is 1. The number of hydrogen-bond acceptors (Lipinski definition) is 9. The Bertz CT molecular complexity index is 1500. The van der Waals surface area contributed by atoms with Gasteiger partial charge in [0.2, 0.25) is 11.8 Å². The topological polar surface area (TPSA) is 158 Å². The third-order valence-electron chi connectivity index (χ3n) is 8.72. The van der Waals surface area contributed by atoms with Crippen LogP contribution in [0.4, 0.5) is 4.39 Å². The number of rotatable bonds is 15. The van der Waals surface area contributed by atoms with E-state index >= 15 is 0 Å². The van der Waals surface area contributed by atoms with Gasteiger partial charge in [-0.3, -0.25) is 19.2 Å². The molecule has 0 radical (unpaired) electrons. The Labute approximate surface area is 284 Å². The van der Waals surface area contributed by atoms with Gasteiger partial charge in [-0.05, 0) is 49.7 Å². The zero-order valence-corrected chi connectivity index (χ0v) is 29.0. The number of benzene rings is 1. The van der Waals surface area contributed by atoms with Crippen LogP contribution in [0.15, 0.2) is 23.7 Å². The summed E-state index contributed by atoms with van der Waals surface area (Å²) >= 11 is 1.47. The summed E-state index contributed by atoms with van der Waals surface area (Å²) in [5.41, 5.74) is 1.23. The normalized spacial score (nSPS) is 18.9. The van der Waals surface area contributed by atoms with Crippen molar-refractivity contribution in [3.63, 3.8) is 0 Å². The largest absolute Gasteiger partial charge is 0.483 e. The average molecular weight is 688 g/mol. The van der Waals surface area contributed by atoms with Crippen molar-refractivity contribution < 1.29 is 38.2 Å². The maximum atomic E-state index is 14.5. The number of aromatic nitrogens is 1. The van der Waals surface area contributed by atoms with Gasteiger partial charge in [0.05, 0.1) is 22.2 Å². The second-order valence-electron chi connectivity index (χ2n) is 13.7. The lowest BCUT2D eigenvalue weighted by atomic mass is 9.85. The highest BCUT2D eigenvalue weighted by molar-refractivity contribution is 7.13. The molecule has 2 heterocycles. The Morgan fingerprint density at radius 2 is 1.98 bits per heavy atom. The van der Waals surface area contributed by atoms with Gasteiger partial charge in [0.1, 0.15) is 24.1 Å². The number of unbranched alkanes of at least 4 members (excludes halogenated alkanes) is 2. The Morgan fingerprint density at radius 3 is 2.60 bits per heavy atom. The van der Waals surface area contributed by atoms with Crippen LogP contribution < -0.4 is 15.4 Å². The number of amides is 4. The van der Waals surface area contributed by atoms with E-state index in [1.807, 2.05) is 13.0 Å². The van der Waals surface area contributed by atoms with Crippen molar-refractivity contribution in [2.75, 3.05) is 26.7 Å². The molecule has 1 aliphatic carbocycles. The molecule has 262 valence electrons. The number of aliphatic hydroxyl groups excluding tert-OH is 1. The first kappa shape index (κ1) is 36.9. The van der Waals surface area contributed by atoms with E-state index in [0.717, 1.165) is 22.4 Å². The van der Waals surface area contributed by atoms with Gasteiger partial charge in [-0.15, -0.1) is 11.3 Å². The van der Waals surface area contributed by atoms with E-state index in [0.29, 0.717) is 37.1 Å². The first-order valence-corrected chi connectivity index (χ1v) is 17.1. The van der Waals surface area contributed by atoms with Crippen LogP contribution in [0.1, 0.15) is 70.6 Å². The lowest BCUT2D eigenvalue weighted by Crippen LogP contribution is -2.59. The summed E-state index contributed by atoms with van der Waals surface area (Å²) in [4.78, 5) is 71.4. The number of hydrogen-bond donors (Lipinski definition) is 3. The van der Waals surface area contributed by atoms with Crippen molar-refractivity contribution in [3.05, 3.63) is 35.0 Å². The Kier molecular flexibility index (Phi) is 12.0. The van der Waals surface area contributed by atoms with E-state index in [2.05, 4.69) is 15.6 Å². The number of β-amino-alcohol motifs (C(OH)–C–C–N with tert-alkyl or cyclic N) is 1. The van der Waals surface area contributed by atoms with Crippen molar-refractivity contribution in [1.82, 2.24) is 25.4 Å². The molecular formula is C34H46FN5O7S. The van der Waals surface area contributed by atoms with Gasteiger partial charge in [0, 0.05) is 45.1 Å². The molecule has 2 aromatic rings. The van der Waals surface area contributed by atoms with Gasteiger partial charge in [0.25, 0.3) is 11.8 Å². The number of aliphatic hydroxyl groups is 1. The number of carbonyl (C=O) groups is 5. The minimum Gasteiger partial charge on any atom is -0.483 e. The fourth-order valence-electron chi connectivity index (χ4n) is 5.52. The zero-order valence-electron chi connectivity index (χ0n) is 28.2. The van der Waals surface area contributed by atoms with Crippen molar-refractivity contribution in [2.45, 2.75) is 96.6 Å². The van der Waals surface area contributed by atoms with Gasteiger partial charge in [-0.1, -0.05) is 32.9 Å². The smallest absolute Gasteiger partial charge is 0.260 e. The lowest BCUT2D eigenvalue weighted by molar-refractivity contribution is -0.145. The standard InChI is InChI=1S/C34H46FN5O7S/c1-21-28(48-20-37-21)22-9-10-23(26(15-22)47-19-27(43)39(5)13-7-6-8-14-41)17-36-30(44)25-16-24(42)18-40(25)31(45)29(33(2,3)4)38-32(46)34(35)11-12-34/h9-10,14-15,20,24-25,29,42H,6-8,11-13,16-19H2,1-5H3,(H,36,44)(H,38,46)/t24-,25+,29?/m1/s1. The number of likely N-dealkylation sites (N-methyl/N-ethyl adjacent to an activating group) is 1. The molecule has 3 N–H and O–H groups in total. The molecule has 14 heteroatoms. The summed E-state index contributed by atoms with van der Waals surface area (Å²) in [7, 11) is 1.67. The number of ether oxygens (including phenoxy) is 1. The highest BCUT2D eigenvalue weighted by atomic mass is 32.1.